The van der Waals surface area contributed by atoms with Crippen molar-refractivity contribution in [2.24, 2.45) is 5.92 Å². The lowest BCUT2D eigenvalue weighted by Crippen LogP contribution is -2.41. The smallest absolute Gasteiger partial charge is 0.339 e. The molecular formula is C17H26N2O5S. The zero-order chi connectivity index (χ0) is 18.6. The fourth-order valence-corrected chi connectivity index (χ4v) is 4.51. The van der Waals surface area contributed by atoms with Crippen LogP contribution in [0.5, 0.6) is 0 Å². The van der Waals surface area contributed by atoms with E-state index in [0.29, 0.717) is 18.5 Å². The Morgan fingerprint density at radius 3 is 2.68 bits per heavy atom. The molecular weight excluding hydrogens is 344 g/mol. The lowest BCUT2D eigenvalue weighted by atomic mass is 10.1. The van der Waals surface area contributed by atoms with Crippen LogP contribution in [0.25, 0.3) is 0 Å². The Morgan fingerprint density at radius 1 is 1.40 bits per heavy atom. The summed E-state index contributed by atoms with van der Waals surface area (Å²) >= 11 is 0. The number of β-amino-alcohol motifs (C(OH)–C–C–N with tert-alkyl or cyclic N) is 1. The molecule has 1 aromatic rings. The summed E-state index contributed by atoms with van der Waals surface area (Å²) in [6, 6.07) is 6.21. The van der Waals surface area contributed by atoms with Crippen LogP contribution in [0, 0.1) is 5.92 Å². The first-order valence-corrected chi connectivity index (χ1v) is 9.82. The van der Waals surface area contributed by atoms with Gasteiger partial charge in [-0.25, -0.2) is 17.9 Å². The topological polar surface area (TPSA) is 95.9 Å². The van der Waals surface area contributed by atoms with Gasteiger partial charge in [0.25, 0.3) is 0 Å². The third kappa shape index (κ3) is 5.01. The number of rotatable bonds is 7. The van der Waals surface area contributed by atoms with Crippen LogP contribution >= 0.6 is 0 Å². The van der Waals surface area contributed by atoms with E-state index in [4.69, 9.17) is 0 Å². The molecule has 1 aliphatic rings. The van der Waals surface area contributed by atoms with Crippen LogP contribution in [0.15, 0.2) is 29.2 Å². The van der Waals surface area contributed by atoms with E-state index in [2.05, 4.69) is 28.2 Å². The largest absolute Gasteiger partial charge is 0.465 e. The van der Waals surface area contributed by atoms with Crippen molar-refractivity contribution in [1.82, 2.24) is 9.62 Å². The van der Waals surface area contributed by atoms with Crippen LogP contribution in [-0.4, -0.2) is 63.3 Å². The number of nitrogens with one attached hydrogen (secondary N) is 1. The maximum atomic E-state index is 12.5. The second kappa shape index (κ2) is 8.27. The normalized spacial score (nSPS) is 22.7. The quantitative estimate of drug-likeness (QED) is 0.691. The van der Waals surface area contributed by atoms with Crippen LogP contribution in [0.3, 0.4) is 0 Å². The molecule has 0 saturated carbocycles. The molecule has 1 aromatic carbocycles. The summed E-state index contributed by atoms with van der Waals surface area (Å²) in [5.41, 5.74) is -0.0334. The van der Waals surface area contributed by atoms with E-state index >= 15 is 0 Å². The van der Waals surface area contributed by atoms with Crippen molar-refractivity contribution < 1.29 is 23.1 Å². The van der Waals surface area contributed by atoms with E-state index < -0.39 is 22.1 Å². The summed E-state index contributed by atoms with van der Waals surface area (Å²) in [4.78, 5) is 13.7. The van der Waals surface area contributed by atoms with Gasteiger partial charge in [0.05, 0.1) is 23.7 Å². The molecule has 1 saturated heterocycles. The molecule has 0 radical (unpaired) electrons. The lowest BCUT2D eigenvalue weighted by Gasteiger charge is -2.24. The molecule has 3 atom stereocenters. The third-order valence-corrected chi connectivity index (χ3v) is 5.93. The molecule has 0 aliphatic carbocycles. The highest BCUT2D eigenvalue weighted by Gasteiger charge is 2.28. The average Bonchev–Trinajstić information content (AvgIpc) is 2.89. The van der Waals surface area contributed by atoms with E-state index in [9.17, 15) is 18.3 Å². The molecule has 0 amide bonds. The molecule has 1 fully saturated rings. The van der Waals surface area contributed by atoms with Gasteiger partial charge in [0, 0.05) is 25.7 Å². The predicted molar refractivity (Wildman–Crippen MR) is 93.8 cm³/mol. The first-order chi connectivity index (χ1) is 11.7. The van der Waals surface area contributed by atoms with Gasteiger partial charge < -0.3 is 9.84 Å². The fraction of sp³-hybridized carbons (Fsp3) is 0.588. The summed E-state index contributed by atoms with van der Waals surface area (Å²) in [5.74, 6) is -0.146. The molecule has 25 heavy (non-hydrogen) atoms. The van der Waals surface area contributed by atoms with Crippen LogP contribution in [0.1, 0.15) is 30.6 Å². The minimum Gasteiger partial charge on any atom is -0.465 e. The van der Waals surface area contributed by atoms with Gasteiger partial charge in [0.1, 0.15) is 0 Å². The zero-order valence-electron chi connectivity index (χ0n) is 14.8. The van der Waals surface area contributed by atoms with Crippen molar-refractivity contribution in [3.8, 4) is 0 Å². The van der Waals surface area contributed by atoms with Crippen LogP contribution in [0.4, 0.5) is 0 Å². The SMILES string of the molecule is COC(=O)c1ccccc1S(=O)(=O)NCC(O)CN1CC(C)CC1C. The molecule has 2 rings (SSSR count). The third-order valence-electron chi connectivity index (χ3n) is 4.45. The molecule has 1 heterocycles. The highest BCUT2D eigenvalue weighted by molar-refractivity contribution is 7.89. The summed E-state index contributed by atoms with van der Waals surface area (Å²) in [6.45, 7) is 5.46. The second-order valence-corrected chi connectivity index (χ2v) is 8.37. The monoisotopic (exact) mass is 370 g/mol. The summed E-state index contributed by atoms with van der Waals surface area (Å²) < 4.78 is 32.0. The first kappa shape index (κ1) is 19.8. The number of benzene rings is 1. The minimum absolute atomic E-state index is 0.0334. The number of methoxy groups -OCH3 is 1. The molecule has 1 aliphatic heterocycles. The van der Waals surface area contributed by atoms with E-state index in [1.54, 1.807) is 6.07 Å². The van der Waals surface area contributed by atoms with Gasteiger partial charge in [-0.2, -0.15) is 0 Å². The molecule has 2 N–H and O–H groups in total. The molecule has 0 aromatic heterocycles. The van der Waals surface area contributed by atoms with Crippen molar-refractivity contribution in [3.05, 3.63) is 29.8 Å². The summed E-state index contributed by atoms with van der Waals surface area (Å²) in [6.07, 6.45) is 0.248. The van der Waals surface area contributed by atoms with Gasteiger partial charge in [-0.3, -0.25) is 4.90 Å². The Hall–Kier alpha value is -1.48. The Labute approximate surface area is 149 Å². The highest BCUT2D eigenvalue weighted by atomic mass is 32.2. The zero-order valence-corrected chi connectivity index (χ0v) is 15.6. The molecule has 140 valence electrons. The Morgan fingerprint density at radius 2 is 2.08 bits per heavy atom. The van der Waals surface area contributed by atoms with Gasteiger partial charge in [-0.05, 0) is 31.4 Å². The van der Waals surface area contributed by atoms with Crippen LogP contribution in [0.2, 0.25) is 0 Å². The molecule has 3 unspecified atom stereocenters. The number of sulfonamides is 1. The summed E-state index contributed by atoms with van der Waals surface area (Å²) in [7, 11) is -2.73. The van der Waals surface area contributed by atoms with E-state index in [0.717, 1.165) is 13.0 Å². The molecule has 0 bridgehead atoms. The number of aliphatic hydroxyl groups is 1. The highest BCUT2D eigenvalue weighted by Crippen LogP contribution is 2.22. The average molecular weight is 370 g/mol. The van der Waals surface area contributed by atoms with Crippen molar-refractivity contribution >= 4 is 16.0 Å². The fourth-order valence-electron chi connectivity index (χ4n) is 3.24. The Balaban J connectivity index is 2.01. The van der Waals surface area contributed by atoms with Crippen LogP contribution in [-0.2, 0) is 14.8 Å². The number of nitrogens with zero attached hydrogens (tertiary/aromatic N) is 1. The Bertz CT molecular complexity index is 707. The number of aliphatic hydroxyl groups excluding tert-OH is 1. The number of likely N-dealkylation sites (tertiary alicyclic amines) is 1. The van der Waals surface area contributed by atoms with Gasteiger partial charge in [-0.1, -0.05) is 19.1 Å². The maximum Gasteiger partial charge on any atom is 0.339 e. The number of hydrogen-bond acceptors (Lipinski definition) is 6. The molecule has 8 heteroatoms. The second-order valence-electron chi connectivity index (χ2n) is 6.64. The van der Waals surface area contributed by atoms with Gasteiger partial charge >= 0.3 is 5.97 Å². The van der Waals surface area contributed by atoms with E-state index in [-0.39, 0.29) is 17.0 Å². The van der Waals surface area contributed by atoms with Crippen LogP contribution < -0.4 is 4.72 Å². The minimum atomic E-state index is -3.93. The number of esters is 1. The number of ether oxygens (including phenoxy) is 1. The maximum absolute atomic E-state index is 12.5. The Kier molecular flexibility index (Phi) is 6.56. The van der Waals surface area contributed by atoms with Crippen molar-refractivity contribution in [3.63, 3.8) is 0 Å². The number of carbonyl (C=O) groups excluding carboxylic acids is 1. The standard InChI is InChI=1S/C17H26N2O5S/c1-12-8-13(2)19(10-12)11-14(20)9-18-25(22,23)16-7-5-4-6-15(16)17(21)24-3/h4-7,12-14,18,20H,8-11H2,1-3H3. The molecule has 7 nitrogen and oxygen atoms in total. The van der Waals surface area contributed by atoms with Gasteiger partial charge in [0.15, 0.2) is 0 Å². The number of carbonyl (C=O) groups is 1. The first-order valence-electron chi connectivity index (χ1n) is 8.33. The van der Waals surface area contributed by atoms with E-state index in [1.807, 2.05) is 0 Å². The van der Waals surface area contributed by atoms with Crippen molar-refractivity contribution in [2.75, 3.05) is 26.7 Å². The predicted octanol–water partition coefficient (Wildman–Crippen LogP) is 0.843. The number of hydrogen-bond donors (Lipinski definition) is 2. The molecule has 0 spiro atoms. The van der Waals surface area contributed by atoms with Gasteiger partial charge in [-0.15, -0.1) is 0 Å². The summed E-state index contributed by atoms with van der Waals surface area (Å²) in [5, 5.41) is 10.2. The van der Waals surface area contributed by atoms with Gasteiger partial charge in [0.2, 0.25) is 10.0 Å². The lowest BCUT2D eigenvalue weighted by molar-refractivity contribution is 0.0596. The van der Waals surface area contributed by atoms with Crippen molar-refractivity contribution in [2.45, 2.75) is 37.3 Å². The van der Waals surface area contributed by atoms with Crippen molar-refractivity contribution in [1.29, 1.82) is 0 Å². The van der Waals surface area contributed by atoms with E-state index in [1.165, 1.54) is 25.3 Å².